The van der Waals surface area contributed by atoms with Crippen LogP contribution < -0.4 is 5.32 Å². The van der Waals surface area contributed by atoms with Crippen LogP contribution in [0.3, 0.4) is 0 Å². The van der Waals surface area contributed by atoms with Crippen LogP contribution >= 0.6 is 11.3 Å². The summed E-state index contributed by atoms with van der Waals surface area (Å²) < 4.78 is 0. The molecule has 66 valence electrons. The van der Waals surface area contributed by atoms with Crippen molar-refractivity contribution in [2.75, 3.05) is 6.54 Å². The van der Waals surface area contributed by atoms with Crippen molar-refractivity contribution in [2.45, 2.75) is 32.7 Å². The predicted octanol–water partition coefficient (Wildman–Crippen LogP) is 2.44. The van der Waals surface area contributed by atoms with E-state index in [1.54, 1.807) is 4.88 Å². The molecule has 1 aromatic rings. The fraction of sp³-hybridized carbons (Fsp3) is 0.600. The number of nitrogens with one attached hydrogen (secondary N) is 1. The maximum absolute atomic E-state index is 3.53. The third-order valence-electron chi connectivity index (χ3n) is 2.52. The van der Waals surface area contributed by atoms with Crippen LogP contribution in [0.5, 0.6) is 0 Å². The average Bonchev–Trinajstić information content (AvgIpc) is 2.30. The third kappa shape index (κ3) is 1.19. The largest absolute Gasteiger partial charge is 0.307 e. The highest BCUT2D eigenvalue weighted by atomic mass is 32.1. The third-order valence-corrected chi connectivity index (χ3v) is 3.63. The Morgan fingerprint density at radius 2 is 2.25 bits per heavy atom. The van der Waals surface area contributed by atoms with Crippen LogP contribution in [0.15, 0.2) is 6.07 Å². The molecule has 0 fully saturated rings. The molecule has 0 aromatic carbocycles. The Hall–Kier alpha value is -0.340. The number of rotatable bonds is 0. The number of hydrogen-bond donors (Lipinski definition) is 1. The van der Waals surface area contributed by atoms with Gasteiger partial charge in [0.25, 0.3) is 0 Å². The molecule has 1 nitrogen and oxygen atoms in total. The van der Waals surface area contributed by atoms with E-state index >= 15 is 0 Å². The first-order chi connectivity index (χ1) is 5.59. The van der Waals surface area contributed by atoms with E-state index in [1.165, 1.54) is 16.9 Å². The first kappa shape index (κ1) is 8.27. The summed E-state index contributed by atoms with van der Waals surface area (Å²) in [5, 5.41) is 3.53. The van der Waals surface area contributed by atoms with Crippen molar-refractivity contribution in [1.82, 2.24) is 5.32 Å². The van der Waals surface area contributed by atoms with Crippen molar-refractivity contribution in [1.29, 1.82) is 0 Å². The van der Waals surface area contributed by atoms with Gasteiger partial charge in [-0.15, -0.1) is 11.3 Å². The zero-order chi connectivity index (χ0) is 8.77. The molecule has 2 rings (SSSR count). The molecule has 2 heterocycles. The molecule has 0 unspecified atom stereocenters. The van der Waals surface area contributed by atoms with E-state index in [1.807, 2.05) is 11.3 Å². The van der Waals surface area contributed by atoms with Crippen molar-refractivity contribution in [3.05, 3.63) is 21.4 Å². The molecule has 0 spiro atoms. The second kappa shape index (κ2) is 2.57. The minimum absolute atomic E-state index is 0.193. The van der Waals surface area contributed by atoms with Crippen LogP contribution in [0.4, 0.5) is 0 Å². The Bertz CT molecular complexity index is 299. The topological polar surface area (TPSA) is 12.0 Å². The molecular weight excluding hydrogens is 166 g/mol. The molecular formula is C10H15NS. The maximum Gasteiger partial charge on any atom is 0.0388 e. The zero-order valence-corrected chi connectivity index (χ0v) is 8.72. The summed E-state index contributed by atoms with van der Waals surface area (Å²) in [4.78, 5) is 3.02. The van der Waals surface area contributed by atoms with E-state index in [0.29, 0.717) is 0 Å². The van der Waals surface area contributed by atoms with Crippen LogP contribution in [0.25, 0.3) is 0 Å². The van der Waals surface area contributed by atoms with Gasteiger partial charge in [0.15, 0.2) is 0 Å². The standard InChI is InChI=1S/C10H15NS/c1-7-6-8-9(12-7)4-5-11-10(8,2)3/h6,11H,4-5H2,1-3H3. The molecule has 1 aromatic heterocycles. The lowest BCUT2D eigenvalue weighted by atomic mass is 9.90. The molecule has 0 radical (unpaired) electrons. The first-order valence-corrected chi connectivity index (χ1v) is 5.26. The predicted molar refractivity (Wildman–Crippen MR) is 53.8 cm³/mol. The summed E-state index contributed by atoms with van der Waals surface area (Å²) in [7, 11) is 0. The molecule has 0 aliphatic carbocycles. The number of fused-ring (bicyclic) bond motifs is 1. The van der Waals surface area contributed by atoms with E-state index in [0.717, 1.165) is 6.54 Å². The van der Waals surface area contributed by atoms with E-state index in [-0.39, 0.29) is 5.54 Å². The average molecular weight is 181 g/mol. The summed E-state index contributed by atoms with van der Waals surface area (Å²) in [6.45, 7) is 7.84. The van der Waals surface area contributed by atoms with Crippen LogP contribution in [0.1, 0.15) is 29.2 Å². The number of aryl methyl sites for hydroxylation is 1. The van der Waals surface area contributed by atoms with Crippen molar-refractivity contribution < 1.29 is 0 Å². The molecule has 1 aliphatic rings. The van der Waals surface area contributed by atoms with E-state index in [4.69, 9.17) is 0 Å². The molecule has 0 amide bonds. The van der Waals surface area contributed by atoms with Gasteiger partial charge in [-0.3, -0.25) is 0 Å². The highest BCUT2D eigenvalue weighted by Gasteiger charge is 2.27. The Labute approximate surface area is 77.8 Å². The Morgan fingerprint density at radius 3 is 2.92 bits per heavy atom. The van der Waals surface area contributed by atoms with Crippen molar-refractivity contribution in [3.8, 4) is 0 Å². The van der Waals surface area contributed by atoms with Crippen molar-refractivity contribution >= 4 is 11.3 Å². The lowest BCUT2D eigenvalue weighted by Crippen LogP contribution is -2.41. The maximum atomic E-state index is 3.53. The summed E-state index contributed by atoms with van der Waals surface area (Å²) in [6.07, 6.45) is 1.21. The van der Waals surface area contributed by atoms with Gasteiger partial charge >= 0.3 is 0 Å². The Kier molecular flexibility index (Phi) is 1.77. The SMILES string of the molecule is Cc1cc2c(s1)CCNC2(C)C. The van der Waals surface area contributed by atoms with Gasteiger partial charge in [0.05, 0.1) is 0 Å². The number of thiophene rings is 1. The lowest BCUT2D eigenvalue weighted by molar-refractivity contribution is 0.386. The minimum Gasteiger partial charge on any atom is -0.307 e. The lowest BCUT2D eigenvalue weighted by Gasteiger charge is -2.31. The van der Waals surface area contributed by atoms with Gasteiger partial charge in [0, 0.05) is 21.8 Å². The fourth-order valence-corrected chi connectivity index (χ4v) is 3.05. The van der Waals surface area contributed by atoms with Gasteiger partial charge < -0.3 is 5.32 Å². The minimum atomic E-state index is 0.193. The summed E-state index contributed by atoms with van der Waals surface area (Å²) in [5.41, 5.74) is 1.70. The van der Waals surface area contributed by atoms with Crippen LogP contribution in [0.2, 0.25) is 0 Å². The normalized spacial score (nSPS) is 20.6. The van der Waals surface area contributed by atoms with E-state index in [9.17, 15) is 0 Å². The zero-order valence-electron chi connectivity index (χ0n) is 7.90. The van der Waals surface area contributed by atoms with Gasteiger partial charge in [-0.05, 0) is 38.8 Å². The van der Waals surface area contributed by atoms with Crippen molar-refractivity contribution in [2.24, 2.45) is 0 Å². The van der Waals surface area contributed by atoms with E-state index in [2.05, 4.69) is 32.2 Å². The van der Waals surface area contributed by atoms with Crippen molar-refractivity contribution in [3.63, 3.8) is 0 Å². The molecule has 0 saturated heterocycles. The van der Waals surface area contributed by atoms with Gasteiger partial charge in [-0.25, -0.2) is 0 Å². The Morgan fingerprint density at radius 1 is 1.50 bits per heavy atom. The Balaban J connectivity index is 2.51. The highest BCUT2D eigenvalue weighted by Crippen LogP contribution is 2.33. The number of hydrogen-bond acceptors (Lipinski definition) is 2. The second-order valence-electron chi connectivity index (χ2n) is 4.00. The van der Waals surface area contributed by atoms with Crippen LogP contribution in [0, 0.1) is 6.92 Å². The molecule has 0 saturated carbocycles. The monoisotopic (exact) mass is 181 g/mol. The summed E-state index contributed by atoms with van der Waals surface area (Å²) in [6, 6.07) is 2.33. The molecule has 1 N–H and O–H groups in total. The van der Waals surface area contributed by atoms with Gasteiger partial charge in [-0.1, -0.05) is 0 Å². The summed E-state index contributed by atoms with van der Waals surface area (Å²) in [5.74, 6) is 0. The second-order valence-corrected chi connectivity index (χ2v) is 5.34. The first-order valence-electron chi connectivity index (χ1n) is 4.44. The fourth-order valence-electron chi connectivity index (χ4n) is 1.86. The molecule has 0 atom stereocenters. The molecule has 0 bridgehead atoms. The van der Waals surface area contributed by atoms with Gasteiger partial charge in [-0.2, -0.15) is 0 Å². The smallest absolute Gasteiger partial charge is 0.0388 e. The molecule has 2 heteroatoms. The molecule has 12 heavy (non-hydrogen) atoms. The highest BCUT2D eigenvalue weighted by molar-refractivity contribution is 7.12. The molecule has 1 aliphatic heterocycles. The van der Waals surface area contributed by atoms with Gasteiger partial charge in [0.1, 0.15) is 0 Å². The van der Waals surface area contributed by atoms with Gasteiger partial charge in [0.2, 0.25) is 0 Å². The van der Waals surface area contributed by atoms with Crippen LogP contribution in [-0.2, 0) is 12.0 Å². The van der Waals surface area contributed by atoms with E-state index < -0.39 is 0 Å². The quantitative estimate of drug-likeness (QED) is 0.648. The summed E-state index contributed by atoms with van der Waals surface area (Å²) >= 11 is 1.95. The van der Waals surface area contributed by atoms with Crippen LogP contribution in [-0.4, -0.2) is 6.54 Å².